The minimum atomic E-state index is -4.51. The van der Waals surface area contributed by atoms with Crippen molar-refractivity contribution in [3.8, 4) is 5.75 Å². The summed E-state index contributed by atoms with van der Waals surface area (Å²) in [6, 6.07) is 1.33. The van der Waals surface area contributed by atoms with Gasteiger partial charge in [-0.15, -0.1) is 0 Å². The normalized spacial score (nSPS) is 20.1. The van der Waals surface area contributed by atoms with Crippen LogP contribution in [0.15, 0.2) is 16.8 Å². The van der Waals surface area contributed by atoms with Gasteiger partial charge in [-0.3, -0.25) is 9.78 Å². The number of halogens is 3. The summed E-state index contributed by atoms with van der Waals surface area (Å²) in [5, 5.41) is 3.98. The molecule has 1 saturated carbocycles. The molecule has 0 N–H and O–H groups in total. The maximum Gasteiger partial charge on any atom is 0.425 e. The molecule has 0 aromatic carbocycles. The molecule has 0 spiro atoms. The third-order valence-corrected chi connectivity index (χ3v) is 5.91. The predicted molar refractivity (Wildman–Crippen MR) is 102 cm³/mol. The number of alkyl halides is 3. The molecule has 0 radical (unpaired) electrons. The zero-order chi connectivity index (χ0) is 22.4. The second kappa shape index (κ2) is 7.89. The molecule has 1 aliphatic carbocycles. The van der Waals surface area contributed by atoms with Gasteiger partial charge in [0.15, 0.2) is 17.7 Å². The second-order valence-electron chi connectivity index (χ2n) is 8.68. The van der Waals surface area contributed by atoms with Gasteiger partial charge in [-0.2, -0.15) is 18.2 Å². The van der Waals surface area contributed by atoms with Crippen molar-refractivity contribution < 1.29 is 32.0 Å². The lowest BCUT2D eigenvalue weighted by Crippen LogP contribution is -2.45. The van der Waals surface area contributed by atoms with Gasteiger partial charge in [-0.25, -0.2) is 0 Å². The maximum absolute atomic E-state index is 13.1. The Morgan fingerprint density at radius 2 is 2.06 bits per heavy atom. The Hall–Kier alpha value is -2.49. The fraction of sp³-hybridized carbons (Fsp3) is 0.619. The van der Waals surface area contributed by atoms with Crippen molar-refractivity contribution in [3.63, 3.8) is 0 Å². The van der Waals surface area contributed by atoms with Gasteiger partial charge in [-0.1, -0.05) is 12.1 Å². The third kappa shape index (κ3) is 4.58. The van der Waals surface area contributed by atoms with Crippen LogP contribution in [0.1, 0.15) is 72.7 Å². The van der Waals surface area contributed by atoms with E-state index in [1.165, 1.54) is 12.3 Å². The molecule has 168 valence electrons. The molecule has 2 aliphatic rings. The van der Waals surface area contributed by atoms with E-state index in [4.69, 9.17) is 14.0 Å². The lowest BCUT2D eigenvalue weighted by atomic mass is 9.72. The Morgan fingerprint density at radius 3 is 2.58 bits per heavy atom. The van der Waals surface area contributed by atoms with Crippen molar-refractivity contribution in [1.29, 1.82) is 0 Å². The van der Waals surface area contributed by atoms with E-state index in [1.807, 2.05) is 6.92 Å². The average molecular weight is 439 g/mol. The summed E-state index contributed by atoms with van der Waals surface area (Å²) in [6.07, 6.45) is -3.27. The quantitative estimate of drug-likeness (QED) is 0.564. The van der Waals surface area contributed by atoms with E-state index in [2.05, 4.69) is 15.1 Å². The number of carbonyl (C=O) groups is 1. The predicted octanol–water partition coefficient (Wildman–Crippen LogP) is 4.37. The summed E-state index contributed by atoms with van der Waals surface area (Å²) in [5.74, 6) is 0.291. The highest BCUT2D eigenvalue weighted by Gasteiger charge is 2.45. The number of rotatable bonds is 8. The van der Waals surface area contributed by atoms with Crippen LogP contribution in [-0.2, 0) is 4.74 Å². The van der Waals surface area contributed by atoms with Gasteiger partial charge in [0.05, 0.1) is 13.2 Å². The number of Topliss-reactive ketones (excluding diaryl/α,β-unsaturated/α-hetero) is 1. The van der Waals surface area contributed by atoms with Gasteiger partial charge in [0.2, 0.25) is 5.89 Å². The Kier molecular flexibility index (Phi) is 5.53. The van der Waals surface area contributed by atoms with Crippen molar-refractivity contribution in [3.05, 3.63) is 35.2 Å². The van der Waals surface area contributed by atoms with Crippen LogP contribution in [0.3, 0.4) is 0 Å². The Bertz CT molecular complexity index is 967. The third-order valence-electron chi connectivity index (χ3n) is 5.91. The summed E-state index contributed by atoms with van der Waals surface area (Å²) in [6.45, 7) is 5.49. The summed E-state index contributed by atoms with van der Waals surface area (Å²) in [7, 11) is 0. The summed E-state index contributed by atoms with van der Waals surface area (Å²) < 4.78 is 54.8. The molecule has 2 fully saturated rings. The average Bonchev–Trinajstić information content (AvgIpc) is 3.44. The van der Waals surface area contributed by atoms with Gasteiger partial charge >= 0.3 is 6.18 Å². The van der Waals surface area contributed by atoms with Gasteiger partial charge in [-0.05, 0) is 25.7 Å². The van der Waals surface area contributed by atoms with E-state index >= 15 is 0 Å². The standard InChI is InChI=1S/C21H24F3N3O4/c1-11(21(22,23)24)30-18-7-16(25-8-14(18)13-4-5-13)17(28)6-15(20(3)9-29-10-20)19-26-12(2)31-27-19/h7-8,11,13,15H,4-6,9-10H2,1-3H3/t11-,15?/m0/s1. The molecule has 1 saturated heterocycles. The van der Waals surface area contributed by atoms with Crippen LogP contribution in [0, 0.1) is 12.3 Å². The molecule has 1 unspecified atom stereocenters. The first-order valence-electron chi connectivity index (χ1n) is 10.2. The number of nitrogens with zero attached hydrogens (tertiary/aromatic N) is 3. The minimum absolute atomic E-state index is 0.0306. The molecular formula is C21H24F3N3O4. The van der Waals surface area contributed by atoms with Crippen molar-refractivity contribution in [2.45, 2.75) is 64.1 Å². The molecule has 2 aromatic heterocycles. The van der Waals surface area contributed by atoms with Crippen molar-refractivity contribution in [1.82, 2.24) is 15.1 Å². The molecule has 0 bridgehead atoms. The molecule has 4 rings (SSSR count). The first-order valence-corrected chi connectivity index (χ1v) is 10.2. The monoisotopic (exact) mass is 439 g/mol. The van der Waals surface area contributed by atoms with E-state index in [1.54, 1.807) is 6.92 Å². The van der Waals surface area contributed by atoms with Crippen molar-refractivity contribution in [2.75, 3.05) is 13.2 Å². The van der Waals surface area contributed by atoms with Crippen molar-refractivity contribution >= 4 is 5.78 Å². The molecule has 2 atom stereocenters. The van der Waals surface area contributed by atoms with Gasteiger partial charge in [0.25, 0.3) is 0 Å². The molecule has 31 heavy (non-hydrogen) atoms. The highest BCUT2D eigenvalue weighted by Crippen LogP contribution is 2.46. The van der Waals surface area contributed by atoms with E-state index < -0.39 is 12.3 Å². The Morgan fingerprint density at radius 1 is 1.35 bits per heavy atom. The Balaban J connectivity index is 1.59. The fourth-order valence-electron chi connectivity index (χ4n) is 3.68. The summed E-state index contributed by atoms with van der Waals surface area (Å²) in [5.41, 5.74) is 0.324. The smallest absolute Gasteiger partial charge is 0.425 e. The number of ketones is 1. The lowest BCUT2D eigenvalue weighted by molar-refractivity contribution is -0.189. The number of hydrogen-bond donors (Lipinski definition) is 0. The minimum Gasteiger partial charge on any atom is -0.481 e. The number of aryl methyl sites for hydroxylation is 1. The van der Waals surface area contributed by atoms with Gasteiger partial charge in [0, 0.05) is 42.5 Å². The largest absolute Gasteiger partial charge is 0.481 e. The van der Waals surface area contributed by atoms with Crippen molar-refractivity contribution in [2.24, 2.45) is 5.41 Å². The van der Waals surface area contributed by atoms with Crippen LogP contribution in [-0.4, -0.2) is 46.4 Å². The molecule has 1 aliphatic heterocycles. The highest BCUT2D eigenvalue weighted by molar-refractivity contribution is 5.95. The first kappa shape index (κ1) is 21.7. The summed E-state index contributed by atoms with van der Waals surface area (Å²) >= 11 is 0. The molecule has 2 aromatic rings. The number of carbonyl (C=O) groups excluding carboxylic acids is 1. The van der Waals surface area contributed by atoms with Crippen LogP contribution >= 0.6 is 0 Å². The van der Waals surface area contributed by atoms with Crippen LogP contribution in [0.5, 0.6) is 5.75 Å². The fourth-order valence-corrected chi connectivity index (χ4v) is 3.68. The van der Waals surface area contributed by atoms with Crippen LogP contribution in [0.25, 0.3) is 0 Å². The second-order valence-corrected chi connectivity index (χ2v) is 8.68. The van der Waals surface area contributed by atoms with E-state index in [9.17, 15) is 18.0 Å². The molecule has 3 heterocycles. The van der Waals surface area contributed by atoms with Gasteiger partial charge < -0.3 is 14.0 Å². The number of hydrogen-bond acceptors (Lipinski definition) is 7. The number of aromatic nitrogens is 3. The zero-order valence-electron chi connectivity index (χ0n) is 17.5. The van der Waals surface area contributed by atoms with E-state index in [0.29, 0.717) is 30.5 Å². The number of ether oxygens (including phenoxy) is 2. The topological polar surface area (TPSA) is 87.3 Å². The maximum atomic E-state index is 13.1. The van der Waals surface area contributed by atoms with Crippen LogP contribution < -0.4 is 4.74 Å². The van der Waals surface area contributed by atoms with Crippen LogP contribution in [0.4, 0.5) is 13.2 Å². The highest BCUT2D eigenvalue weighted by atomic mass is 19.4. The molecule has 7 nitrogen and oxygen atoms in total. The van der Waals surface area contributed by atoms with Crippen LogP contribution in [0.2, 0.25) is 0 Å². The summed E-state index contributed by atoms with van der Waals surface area (Å²) in [4.78, 5) is 21.6. The Labute approximate surface area is 177 Å². The van der Waals surface area contributed by atoms with Gasteiger partial charge in [0.1, 0.15) is 11.4 Å². The SMILES string of the molecule is Cc1nc(C(CC(=O)c2cc(O[C@@H](C)C(F)(F)F)c(C3CC3)cn2)C2(C)COC2)no1. The molecule has 10 heteroatoms. The number of pyridine rings is 1. The molecule has 0 amide bonds. The van der Waals surface area contributed by atoms with E-state index in [0.717, 1.165) is 19.8 Å². The zero-order valence-corrected chi connectivity index (χ0v) is 17.5. The van der Waals surface area contributed by atoms with E-state index in [-0.39, 0.29) is 40.9 Å². The lowest BCUT2D eigenvalue weighted by Gasteiger charge is -2.42. The molecular weight excluding hydrogens is 415 g/mol. The first-order chi connectivity index (χ1) is 14.6.